The number of ether oxygens (including phenoxy) is 2. The molecular weight excluding hydrogens is 552 g/mol. The van der Waals surface area contributed by atoms with Crippen LogP contribution < -0.4 is 10.6 Å². The number of hydrogen-bond acceptors (Lipinski definition) is 8. The largest absolute Gasteiger partial charge is 0.388 e. The number of amides is 1. The first kappa shape index (κ1) is 29.5. The standard InChI is InChI=1S/C30H37ClN2O6S/c1-16(31)22(28-25(35)24(34)26(36)30(39-28)40-2)33-29(37)23-27-21(15-32-23)14-20(12-13-38-27)19-10-8-18(9-11-19)17-6-4-3-5-7-17/h3-12,16,21-28,30,32,34-36H,13-15H2,1-2H3,(H,33,37)/t16-,21-,22+,23-,24+,25?,26+,27+,28+,30?/m0/s1. The van der Waals surface area contributed by atoms with Crippen molar-refractivity contribution in [1.82, 2.24) is 10.6 Å². The van der Waals surface area contributed by atoms with Crippen molar-refractivity contribution >= 4 is 34.8 Å². The van der Waals surface area contributed by atoms with Crippen LogP contribution in [0.25, 0.3) is 16.7 Å². The SMILES string of the molecule is CSC1O[C@H]([C@H](NC(=O)[C@H]2NC[C@@H]3CC(c4ccc(-c5ccccc5)cc4)=CCO[C@H]32)[C@H](C)Cl)C(O)[C@@H](O)[C@H]1O. The molecule has 0 spiro atoms. The molecule has 2 saturated heterocycles. The number of alkyl halides is 1. The second-order valence-electron chi connectivity index (χ2n) is 10.7. The van der Waals surface area contributed by atoms with Crippen LogP contribution >= 0.6 is 23.4 Å². The molecule has 0 saturated carbocycles. The minimum absolute atomic E-state index is 0.0968. The monoisotopic (exact) mass is 588 g/mol. The molecule has 3 aliphatic rings. The molecule has 40 heavy (non-hydrogen) atoms. The fraction of sp³-hybridized carbons (Fsp3) is 0.500. The molecule has 2 aromatic rings. The summed E-state index contributed by atoms with van der Waals surface area (Å²) in [5.74, 6) is -0.211. The van der Waals surface area contributed by atoms with E-state index >= 15 is 0 Å². The fourth-order valence-electron chi connectivity index (χ4n) is 5.89. The van der Waals surface area contributed by atoms with E-state index in [1.54, 1.807) is 13.2 Å². The topological polar surface area (TPSA) is 120 Å². The number of nitrogens with one attached hydrogen (secondary N) is 2. The van der Waals surface area contributed by atoms with Crippen molar-refractivity contribution in [2.45, 2.75) is 66.8 Å². The third-order valence-corrected chi connectivity index (χ3v) is 9.26. The van der Waals surface area contributed by atoms with Crippen molar-refractivity contribution < 1.29 is 29.6 Å². The first-order chi connectivity index (χ1) is 19.3. The number of allylic oxidation sites excluding steroid dienone is 1. The Balaban J connectivity index is 1.25. The molecule has 10 heteroatoms. The van der Waals surface area contributed by atoms with Crippen LogP contribution in [0, 0.1) is 5.92 Å². The van der Waals surface area contributed by atoms with E-state index in [4.69, 9.17) is 21.1 Å². The lowest BCUT2D eigenvalue weighted by molar-refractivity contribution is -0.205. The molecule has 216 valence electrons. The normalized spacial score (nSPS) is 33.8. The van der Waals surface area contributed by atoms with Crippen LogP contribution in [0.4, 0.5) is 0 Å². The van der Waals surface area contributed by atoms with Crippen LogP contribution in [0.15, 0.2) is 60.7 Å². The Morgan fingerprint density at radius 2 is 1.70 bits per heavy atom. The van der Waals surface area contributed by atoms with Crippen LogP contribution in [0.1, 0.15) is 18.9 Å². The second-order valence-corrected chi connectivity index (χ2v) is 12.3. The minimum atomic E-state index is -1.42. The average molecular weight is 589 g/mol. The number of thioether (sulfide) groups is 1. The number of rotatable bonds is 7. The Labute approximate surface area is 244 Å². The Bertz CT molecular complexity index is 1180. The highest BCUT2D eigenvalue weighted by atomic mass is 35.5. The van der Waals surface area contributed by atoms with E-state index in [1.165, 1.54) is 22.9 Å². The maximum absolute atomic E-state index is 13.5. The van der Waals surface area contributed by atoms with Crippen molar-refractivity contribution in [3.8, 4) is 11.1 Å². The molecule has 2 unspecified atom stereocenters. The lowest BCUT2D eigenvalue weighted by Gasteiger charge is -2.44. The second kappa shape index (κ2) is 12.9. The molecule has 2 aromatic carbocycles. The first-order valence-corrected chi connectivity index (χ1v) is 15.4. The Hall–Kier alpha value is -1.95. The summed E-state index contributed by atoms with van der Waals surface area (Å²) in [7, 11) is 0. The van der Waals surface area contributed by atoms with Gasteiger partial charge in [-0.25, -0.2) is 0 Å². The lowest BCUT2D eigenvalue weighted by Crippen LogP contribution is -2.65. The van der Waals surface area contributed by atoms with Crippen LogP contribution in [0.2, 0.25) is 0 Å². The van der Waals surface area contributed by atoms with Gasteiger partial charge >= 0.3 is 0 Å². The lowest BCUT2D eigenvalue weighted by atomic mass is 9.90. The van der Waals surface area contributed by atoms with Crippen molar-refractivity contribution in [1.29, 1.82) is 0 Å². The van der Waals surface area contributed by atoms with Gasteiger partial charge in [-0.1, -0.05) is 60.7 Å². The number of carbonyl (C=O) groups is 1. The Kier molecular flexibility index (Phi) is 9.54. The molecule has 0 aliphatic carbocycles. The number of hydrogen-bond donors (Lipinski definition) is 5. The average Bonchev–Trinajstić information content (AvgIpc) is 3.25. The van der Waals surface area contributed by atoms with Crippen molar-refractivity contribution in [2.75, 3.05) is 19.4 Å². The smallest absolute Gasteiger partial charge is 0.240 e. The van der Waals surface area contributed by atoms with Crippen LogP contribution in [-0.2, 0) is 14.3 Å². The summed E-state index contributed by atoms with van der Waals surface area (Å²) >= 11 is 7.67. The van der Waals surface area contributed by atoms with E-state index in [2.05, 4.69) is 53.1 Å². The van der Waals surface area contributed by atoms with Gasteiger partial charge in [0.15, 0.2) is 0 Å². The van der Waals surface area contributed by atoms with Crippen LogP contribution in [0.3, 0.4) is 0 Å². The fourth-order valence-corrected chi connectivity index (χ4v) is 6.78. The highest BCUT2D eigenvalue weighted by Crippen LogP contribution is 2.34. The van der Waals surface area contributed by atoms with Gasteiger partial charge in [-0.2, -0.15) is 0 Å². The maximum atomic E-state index is 13.5. The predicted octanol–water partition coefficient (Wildman–Crippen LogP) is 2.40. The first-order valence-electron chi connectivity index (χ1n) is 13.6. The van der Waals surface area contributed by atoms with E-state index in [-0.39, 0.29) is 17.9 Å². The molecule has 3 heterocycles. The summed E-state index contributed by atoms with van der Waals surface area (Å²) in [5, 5.41) is 36.9. The quantitative estimate of drug-likeness (QED) is 0.313. The van der Waals surface area contributed by atoms with Gasteiger partial charge in [0.2, 0.25) is 5.91 Å². The molecule has 10 atom stereocenters. The van der Waals surface area contributed by atoms with E-state index in [9.17, 15) is 20.1 Å². The zero-order valence-corrected chi connectivity index (χ0v) is 24.1. The van der Waals surface area contributed by atoms with E-state index in [0.29, 0.717) is 13.2 Å². The molecule has 0 bridgehead atoms. The van der Waals surface area contributed by atoms with Crippen molar-refractivity contribution in [3.63, 3.8) is 0 Å². The van der Waals surface area contributed by atoms with Gasteiger partial charge in [-0.15, -0.1) is 23.4 Å². The van der Waals surface area contributed by atoms with Gasteiger partial charge < -0.3 is 35.4 Å². The van der Waals surface area contributed by atoms with E-state index in [0.717, 1.165) is 17.5 Å². The maximum Gasteiger partial charge on any atom is 0.240 e. The molecule has 2 fully saturated rings. The van der Waals surface area contributed by atoms with Gasteiger partial charge in [0.25, 0.3) is 0 Å². The number of benzene rings is 2. The summed E-state index contributed by atoms with van der Waals surface area (Å²) in [5.41, 5.74) is 3.90. The number of aliphatic hydroxyl groups is 3. The molecule has 3 aliphatic heterocycles. The molecule has 0 radical (unpaired) electrons. The van der Waals surface area contributed by atoms with Gasteiger partial charge in [0.1, 0.15) is 35.9 Å². The zero-order valence-electron chi connectivity index (χ0n) is 22.5. The van der Waals surface area contributed by atoms with Gasteiger partial charge in [-0.3, -0.25) is 4.79 Å². The summed E-state index contributed by atoms with van der Waals surface area (Å²) in [6.45, 7) is 2.70. The van der Waals surface area contributed by atoms with Crippen molar-refractivity contribution in [3.05, 3.63) is 66.2 Å². The number of carbonyl (C=O) groups excluding carboxylic acids is 1. The summed E-state index contributed by atoms with van der Waals surface area (Å²) < 4.78 is 12.1. The summed E-state index contributed by atoms with van der Waals surface area (Å²) in [6.07, 6.45) is -0.824. The van der Waals surface area contributed by atoms with E-state index < -0.39 is 47.3 Å². The molecule has 8 nitrogen and oxygen atoms in total. The third-order valence-electron chi connectivity index (χ3n) is 8.14. The molecular formula is C30H37ClN2O6S. The predicted molar refractivity (Wildman–Crippen MR) is 157 cm³/mol. The van der Waals surface area contributed by atoms with Gasteiger partial charge in [0, 0.05) is 12.5 Å². The Morgan fingerprint density at radius 1 is 1.02 bits per heavy atom. The molecule has 1 amide bonds. The van der Waals surface area contributed by atoms with Gasteiger partial charge in [0.05, 0.1) is 24.1 Å². The highest BCUT2D eigenvalue weighted by molar-refractivity contribution is 7.99. The van der Waals surface area contributed by atoms with Crippen molar-refractivity contribution in [2.24, 2.45) is 5.92 Å². The highest BCUT2D eigenvalue weighted by Gasteiger charge is 2.49. The molecule has 5 rings (SSSR count). The Morgan fingerprint density at radius 3 is 2.38 bits per heavy atom. The summed E-state index contributed by atoms with van der Waals surface area (Å²) in [6, 6.07) is 17.4. The number of aliphatic hydroxyl groups excluding tert-OH is 3. The molecule has 0 aromatic heterocycles. The molecule has 5 N–H and O–H groups in total. The third kappa shape index (κ3) is 6.12. The zero-order chi connectivity index (χ0) is 28.4. The summed E-state index contributed by atoms with van der Waals surface area (Å²) in [4.78, 5) is 13.5. The number of halogens is 1. The van der Waals surface area contributed by atoms with Crippen LogP contribution in [0.5, 0.6) is 0 Å². The van der Waals surface area contributed by atoms with E-state index in [1.807, 2.05) is 18.2 Å². The number of fused-ring (bicyclic) bond motifs is 1. The minimum Gasteiger partial charge on any atom is -0.388 e. The van der Waals surface area contributed by atoms with Gasteiger partial charge in [-0.05, 0) is 41.9 Å². The van der Waals surface area contributed by atoms with Crippen LogP contribution in [-0.4, -0.2) is 94.1 Å².